The van der Waals surface area contributed by atoms with Gasteiger partial charge in [-0.2, -0.15) is 0 Å². The quantitative estimate of drug-likeness (QED) is 0.644. The van der Waals surface area contributed by atoms with Gasteiger partial charge >= 0.3 is 11.9 Å². The van der Waals surface area contributed by atoms with Crippen molar-refractivity contribution in [2.24, 2.45) is 0 Å². The highest BCUT2D eigenvalue weighted by atomic mass is 16.5. The molecule has 5 nitrogen and oxygen atoms in total. The average Bonchev–Trinajstić information content (AvgIpc) is 2.79. The van der Waals surface area contributed by atoms with Crippen LogP contribution >= 0.6 is 0 Å². The summed E-state index contributed by atoms with van der Waals surface area (Å²) in [5, 5.41) is 0. The molecule has 0 saturated heterocycles. The fourth-order valence-corrected chi connectivity index (χ4v) is 2.36. The van der Waals surface area contributed by atoms with Gasteiger partial charge in [0, 0.05) is 33.0 Å². The van der Waals surface area contributed by atoms with Crippen LogP contribution in [-0.4, -0.2) is 49.2 Å². The standard InChI is InChI=1S/C13H23NO4/c1-11(15)17-9-7-14(8-10-18-12(2)16)13-5-3-4-6-13/h13H,3-10H2,1-2H3. The van der Waals surface area contributed by atoms with Gasteiger partial charge in [-0.1, -0.05) is 12.8 Å². The Bertz CT molecular complexity index is 254. The lowest BCUT2D eigenvalue weighted by Crippen LogP contribution is -2.38. The van der Waals surface area contributed by atoms with Crippen LogP contribution in [0, 0.1) is 0 Å². The van der Waals surface area contributed by atoms with Crippen molar-refractivity contribution < 1.29 is 19.1 Å². The fraction of sp³-hybridized carbons (Fsp3) is 0.846. The number of rotatable bonds is 7. The summed E-state index contributed by atoms with van der Waals surface area (Å²) in [6.45, 7) is 5.08. The lowest BCUT2D eigenvalue weighted by atomic mass is 10.2. The van der Waals surface area contributed by atoms with Crippen molar-refractivity contribution in [3.63, 3.8) is 0 Å². The van der Waals surface area contributed by atoms with Crippen molar-refractivity contribution in [2.75, 3.05) is 26.3 Å². The van der Waals surface area contributed by atoms with E-state index in [1.54, 1.807) is 0 Å². The molecular formula is C13H23NO4. The van der Waals surface area contributed by atoms with Gasteiger partial charge in [0.15, 0.2) is 0 Å². The second-order valence-corrected chi connectivity index (χ2v) is 4.65. The van der Waals surface area contributed by atoms with Crippen molar-refractivity contribution >= 4 is 11.9 Å². The van der Waals surface area contributed by atoms with E-state index < -0.39 is 0 Å². The predicted molar refractivity (Wildman–Crippen MR) is 67.1 cm³/mol. The van der Waals surface area contributed by atoms with Crippen LogP contribution in [0.25, 0.3) is 0 Å². The van der Waals surface area contributed by atoms with E-state index in [0.717, 1.165) is 0 Å². The minimum absolute atomic E-state index is 0.249. The maximum Gasteiger partial charge on any atom is 0.302 e. The van der Waals surface area contributed by atoms with Gasteiger partial charge in [-0.05, 0) is 12.8 Å². The van der Waals surface area contributed by atoms with Crippen molar-refractivity contribution in [2.45, 2.75) is 45.6 Å². The highest BCUT2D eigenvalue weighted by Gasteiger charge is 2.22. The zero-order valence-electron chi connectivity index (χ0n) is 11.3. The first-order chi connectivity index (χ1) is 8.59. The van der Waals surface area contributed by atoms with Gasteiger partial charge in [0.05, 0.1) is 0 Å². The van der Waals surface area contributed by atoms with Gasteiger partial charge in [-0.3, -0.25) is 14.5 Å². The highest BCUT2D eigenvalue weighted by molar-refractivity contribution is 5.66. The van der Waals surface area contributed by atoms with Crippen molar-refractivity contribution in [3.8, 4) is 0 Å². The average molecular weight is 257 g/mol. The Labute approximate surface area is 108 Å². The van der Waals surface area contributed by atoms with Gasteiger partial charge in [-0.25, -0.2) is 0 Å². The number of hydrogen-bond donors (Lipinski definition) is 0. The van der Waals surface area contributed by atoms with E-state index in [1.165, 1.54) is 39.5 Å². The summed E-state index contributed by atoms with van der Waals surface area (Å²) in [7, 11) is 0. The first-order valence-corrected chi connectivity index (χ1v) is 6.60. The third-order valence-electron chi connectivity index (χ3n) is 3.21. The van der Waals surface area contributed by atoms with Crippen LogP contribution < -0.4 is 0 Å². The number of hydrogen-bond acceptors (Lipinski definition) is 5. The Morgan fingerprint density at radius 3 is 1.83 bits per heavy atom. The van der Waals surface area contributed by atoms with Crippen molar-refractivity contribution in [3.05, 3.63) is 0 Å². The van der Waals surface area contributed by atoms with Crippen LogP contribution in [0.1, 0.15) is 39.5 Å². The zero-order chi connectivity index (χ0) is 13.4. The fourth-order valence-electron chi connectivity index (χ4n) is 2.36. The number of carbonyl (C=O) groups excluding carboxylic acids is 2. The molecule has 5 heteroatoms. The van der Waals surface area contributed by atoms with Crippen LogP contribution in [0.15, 0.2) is 0 Å². The molecular weight excluding hydrogens is 234 g/mol. The molecule has 0 aromatic rings. The van der Waals surface area contributed by atoms with E-state index in [0.29, 0.717) is 32.3 Å². The molecule has 18 heavy (non-hydrogen) atoms. The van der Waals surface area contributed by atoms with Gasteiger partial charge in [-0.15, -0.1) is 0 Å². The smallest absolute Gasteiger partial charge is 0.302 e. The molecule has 1 fully saturated rings. The molecule has 104 valence electrons. The molecule has 0 bridgehead atoms. The third kappa shape index (κ3) is 6.00. The molecule has 1 saturated carbocycles. The van der Waals surface area contributed by atoms with Crippen molar-refractivity contribution in [1.29, 1.82) is 0 Å². The largest absolute Gasteiger partial charge is 0.465 e. The Hall–Kier alpha value is -1.10. The summed E-state index contributed by atoms with van der Waals surface area (Å²) in [5.41, 5.74) is 0. The molecule has 0 amide bonds. The van der Waals surface area contributed by atoms with Gasteiger partial charge in [0.1, 0.15) is 13.2 Å². The van der Waals surface area contributed by atoms with Crippen LogP contribution in [0.3, 0.4) is 0 Å². The predicted octanol–water partition coefficient (Wildman–Crippen LogP) is 1.36. The molecule has 0 heterocycles. The Kier molecular flexibility index (Phi) is 6.72. The summed E-state index contributed by atoms with van der Waals surface area (Å²) in [6, 6.07) is 0.538. The second kappa shape index (κ2) is 8.08. The SMILES string of the molecule is CC(=O)OCCN(CCOC(C)=O)C1CCCC1. The molecule has 0 aromatic heterocycles. The van der Waals surface area contributed by atoms with E-state index in [9.17, 15) is 9.59 Å². The van der Waals surface area contributed by atoms with E-state index in [1.807, 2.05) is 0 Å². The summed E-state index contributed by atoms with van der Waals surface area (Å²) in [5.74, 6) is -0.497. The Morgan fingerprint density at radius 2 is 1.44 bits per heavy atom. The number of nitrogens with zero attached hydrogens (tertiary/aromatic N) is 1. The third-order valence-corrected chi connectivity index (χ3v) is 3.21. The minimum Gasteiger partial charge on any atom is -0.465 e. The van der Waals surface area contributed by atoms with Crippen LogP contribution in [-0.2, 0) is 19.1 Å². The van der Waals surface area contributed by atoms with Gasteiger partial charge < -0.3 is 9.47 Å². The summed E-state index contributed by atoms with van der Waals surface area (Å²) >= 11 is 0. The lowest BCUT2D eigenvalue weighted by Gasteiger charge is -2.28. The normalized spacial score (nSPS) is 15.9. The minimum atomic E-state index is -0.249. The highest BCUT2D eigenvalue weighted by Crippen LogP contribution is 2.23. The topological polar surface area (TPSA) is 55.8 Å². The zero-order valence-corrected chi connectivity index (χ0v) is 11.3. The summed E-state index contributed by atoms with van der Waals surface area (Å²) < 4.78 is 9.94. The molecule has 1 rings (SSSR count). The molecule has 0 aromatic carbocycles. The molecule has 0 spiro atoms. The molecule has 0 unspecified atom stereocenters. The molecule has 0 radical (unpaired) electrons. The maximum absolute atomic E-state index is 10.7. The molecule has 1 aliphatic rings. The van der Waals surface area contributed by atoms with E-state index in [-0.39, 0.29) is 11.9 Å². The van der Waals surface area contributed by atoms with E-state index in [4.69, 9.17) is 9.47 Å². The van der Waals surface area contributed by atoms with E-state index in [2.05, 4.69) is 4.90 Å². The van der Waals surface area contributed by atoms with Gasteiger partial charge in [0.2, 0.25) is 0 Å². The monoisotopic (exact) mass is 257 g/mol. The first kappa shape index (κ1) is 15.0. The molecule has 0 N–H and O–H groups in total. The number of esters is 2. The lowest BCUT2D eigenvalue weighted by molar-refractivity contribution is -0.142. The first-order valence-electron chi connectivity index (χ1n) is 6.60. The Morgan fingerprint density at radius 1 is 1.00 bits per heavy atom. The number of ether oxygens (including phenoxy) is 2. The molecule has 0 atom stereocenters. The number of carbonyl (C=O) groups is 2. The molecule has 1 aliphatic carbocycles. The summed E-state index contributed by atoms with van der Waals surface area (Å²) in [4.78, 5) is 23.7. The molecule has 0 aliphatic heterocycles. The van der Waals surface area contributed by atoms with Crippen molar-refractivity contribution in [1.82, 2.24) is 4.90 Å². The van der Waals surface area contributed by atoms with Crippen LogP contribution in [0.5, 0.6) is 0 Å². The van der Waals surface area contributed by atoms with Crippen LogP contribution in [0.4, 0.5) is 0 Å². The van der Waals surface area contributed by atoms with Crippen LogP contribution in [0.2, 0.25) is 0 Å². The van der Waals surface area contributed by atoms with Gasteiger partial charge in [0.25, 0.3) is 0 Å². The maximum atomic E-state index is 10.7. The van der Waals surface area contributed by atoms with E-state index >= 15 is 0 Å². The Balaban J connectivity index is 2.31. The second-order valence-electron chi connectivity index (χ2n) is 4.65. The summed E-state index contributed by atoms with van der Waals surface area (Å²) in [6.07, 6.45) is 4.87.